The minimum absolute atomic E-state index is 0.353. The van der Waals surface area contributed by atoms with Gasteiger partial charge in [0.15, 0.2) is 0 Å². The van der Waals surface area contributed by atoms with Crippen LogP contribution >= 0.6 is 0 Å². The van der Waals surface area contributed by atoms with Crippen LogP contribution < -0.4 is 5.32 Å². The number of hydrogen-bond acceptors (Lipinski definition) is 4. The number of fused-ring (bicyclic) bond motifs is 1. The number of nitrogens with one attached hydrogen (secondary N) is 1. The molecule has 2 aromatic heterocycles. The maximum atomic E-state index is 5.05. The van der Waals surface area contributed by atoms with Gasteiger partial charge in [0, 0.05) is 23.5 Å². The van der Waals surface area contributed by atoms with Crippen LogP contribution in [0.3, 0.4) is 0 Å². The van der Waals surface area contributed by atoms with Gasteiger partial charge in [-0.25, -0.2) is 4.98 Å². The standard InChI is InChI=1S/C12H15N3O/c1-7(2)14-8(3)10-5-11-9(4)15-16-12(11)13-6-10/h5-7,14H,3H2,1-2,4H3. The molecule has 0 unspecified atom stereocenters. The van der Waals surface area contributed by atoms with Gasteiger partial charge in [-0.15, -0.1) is 0 Å². The van der Waals surface area contributed by atoms with Crippen LogP contribution in [-0.4, -0.2) is 16.2 Å². The van der Waals surface area contributed by atoms with Crippen LogP contribution in [0.15, 0.2) is 23.4 Å². The van der Waals surface area contributed by atoms with Crippen molar-refractivity contribution in [3.8, 4) is 0 Å². The zero-order valence-corrected chi connectivity index (χ0v) is 9.74. The molecule has 0 saturated carbocycles. The summed E-state index contributed by atoms with van der Waals surface area (Å²) in [7, 11) is 0. The van der Waals surface area contributed by atoms with Gasteiger partial charge in [0.1, 0.15) is 0 Å². The number of pyridine rings is 1. The van der Waals surface area contributed by atoms with Gasteiger partial charge in [-0.1, -0.05) is 11.7 Å². The fourth-order valence-corrected chi connectivity index (χ4v) is 1.54. The number of rotatable bonds is 3. The molecule has 0 spiro atoms. The molecule has 4 heteroatoms. The van der Waals surface area contributed by atoms with E-state index in [4.69, 9.17) is 4.52 Å². The Labute approximate surface area is 94.3 Å². The van der Waals surface area contributed by atoms with Gasteiger partial charge in [0.25, 0.3) is 5.71 Å². The first kappa shape index (κ1) is 10.7. The molecule has 0 saturated heterocycles. The van der Waals surface area contributed by atoms with E-state index in [0.717, 1.165) is 22.3 Å². The normalized spacial score (nSPS) is 11.0. The Balaban J connectivity index is 2.38. The topological polar surface area (TPSA) is 51.0 Å². The minimum Gasteiger partial charge on any atom is -0.383 e. The van der Waals surface area contributed by atoms with E-state index in [9.17, 15) is 0 Å². The fourth-order valence-electron chi connectivity index (χ4n) is 1.54. The lowest BCUT2D eigenvalue weighted by Gasteiger charge is -2.12. The second-order valence-electron chi connectivity index (χ2n) is 4.12. The molecular formula is C12H15N3O. The molecule has 0 aliphatic rings. The summed E-state index contributed by atoms with van der Waals surface area (Å²) in [5.41, 5.74) is 3.25. The molecule has 0 aliphatic heterocycles. The molecule has 0 aromatic carbocycles. The first-order valence-corrected chi connectivity index (χ1v) is 5.26. The quantitative estimate of drug-likeness (QED) is 0.858. The molecule has 0 bridgehead atoms. The van der Waals surface area contributed by atoms with E-state index >= 15 is 0 Å². The highest BCUT2D eigenvalue weighted by atomic mass is 16.5. The van der Waals surface area contributed by atoms with E-state index in [-0.39, 0.29) is 0 Å². The fraction of sp³-hybridized carbons (Fsp3) is 0.333. The lowest BCUT2D eigenvalue weighted by atomic mass is 10.1. The molecule has 2 rings (SSSR count). The minimum atomic E-state index is 0.353. The van der Waals surface area contributed by atoms with Crippen molar-refractivity contribution < 1.29 is 4.52 Å². The van der Waals surface area contributed by atoms with E-state index in [1.54, 1.807) is 6.20 Å². The highest BCUT2D eigenvalue weighted by Crippen LogP contribution is 2.19. The molecular weight excluding hydrogens is 202 g/mol. The molecule has 0 atom stereocenters. The van der Waals surface area contributed by atoms with Crippen molar-refractivity contribution in [1.82, 2.24) is 15.5 Å². The lowest BCUT2D eigenvalue weighted by Crippen LogP contribution is -2.20. The van der Waals surface area contributed by atoms with Gasteiger partial charge in [-0.05, 0) is 26.8 Å². The zero-order chi connectivity index (χ0) is 11.7. The Morgan fingerprint density at radius 2 is 2.25 bits per heavy atom. The molecule has 1 N–H and O–H groups in total. The van der Waals surface area contributed by atoms with Crippen molar-refractivity contribution in [2.75, 3.05) is 0 Å². The van der Waals surface area contributed by atoms with Gasteiger partial charge in [-0.2, -0.15) is 0 Å². The average molecular weight is 217 g/mol. The average Bonchev–Trinajstić information content (AvgIpc) is 2.59. The molecule has 2 aromatic rings. The predicted molar refractivity (Wildman–Crippen MR) is 63.8 cm³/mol. The van der Waals surface area contributed by atoms with Gasteiger partial charge in [0.2, 0.25) is 0 Å². The lowest BCUT2D eigenvalue weighted by molar-refractivity contribution is 0.443. The van der Waals surface area contributed by atoms with Crippen molar-refractivity contribution in [2.24, 2.45) is 0 Å². The first-order valence-electron chi connectivity index (χ1n) is 5.26. The Bertz CT molecular complexity index is 528. The van der Waals surface area contributed by atoms with E-state index in [1.165, 1.54) is 0 Å². The monoisotopic (exact) mass is 217 g/mol. The summed E-state index contributed by atoms with van der Waals surface area (Å²) < 4.78 is 5.05. The molecule has 0 amide bonds. The van der Waals surface area contributed by atoms with Crippen LogP contribution in [-0.2, 0) is 0 Å². The van der Waals surface area contributed by atoms with Crippen LogP contribution in [0, 0.1) is 6.92 Å². The number of aryl methyl sites for hydroxylation is 1. The third-order valence-electron chi connectivity index (χ3n) is 2.32. The third kappa shape index (κ3) is 1.91. The van der Waals surface area contributed by atoms with Gasteiger partial charge < -0.3 is 9.84 Å². The van der Waals surface area contributed by atoms with Gasteiger partial charge >= 0.3 is 0 Å². The molecule has 84 valence electrons. The van der Waals surface area contributed by atoms with Crippen molar-refractivity contribution in [3.05, 3.63) is 30.1 Å². The van der Waals surface area contributed by atoms with Crippen molar-refractivity contribution in [2.45, 2.75) is 26.8 Å². The van der Waals surface area contributed by atoms with Crippen LogP contribution in [0.5, 0.6) is 0 Å². The Morgan fingerprint density at radius 1 is 1.50 bits per heavy atom. The number of aromatic nitrogens is 2. The first-order chi connectivity index (χ1) is 7.58. The van der Waals surface area contributed by atoms with Crippen LogP contribution in [0.1, 0.15) is 25.1 Å². The molecule has 16 heavy (non-hydrogen) atoms. The van der Waals surface area contributed by atoms with E-state index in [0.29, 0.717) is 11.8 Å². The molecule has 2 heterocycles. The van der Waals surface area contributed by atoms with E-state index in [1.807, 2.05) is 13.0 Å². The smallest absolute Gasteiger partial charge is 0.257 e. The van der Waals surface area contributed by atoms with Crippen LogP contribution in [0.25, 0.3) is 16.8 Å². The summed E-state index contributed by atoms with van der Waals surface area (Å²) >= 11 is 0. The van der Waals surface area contributed by atoms with Gasteiger partial charge in [-0.3, -0.25) is 0 Å². The molecule has 0 aliphatic carbocycles. The molecule has 0 fully saturated rings. The summed E-state index contributed by atoms with van der Waals surface area (Å²) in [5, 5.41) is 8.05. The highest BCUT2D eigenvalue weighted by molar-refractivity contribution is 5.79. The largest absolute Gasteiger partial charge is 0.383 e. The summed E-state index contributed by atoms with van der Waals surface area (Å²) in [4.78, 5) is 4.20. The highest BCUT2D eigenvalue weighted by Gasteiger charge is 2.08. The second-order valence-corrected chi connectivity index (χ2v) is 4.12. The molecule has 4 nitrogen and oxygen atoms in total. The van der Waals surface area contributed by atoms with Crippen LogP contribution in [0.2, 0.25) is 0 Å². The number of hydrogen-bond donors (Lipinski definition) is 1. The summed E-state index contributed by atoms with van der Waals surface area (Å²) in [5.74, 6) is 0. The van der Waals surface area contributed by atoms with E-state index < -0.39 is 0 Å². The third-order valence-corrected chi connectivity index (χ3v) is 2.32. The molecule has 0 radical (unpaired) electrons. The maximum Gasteiger partial charge on any atom is 0.257 e. The summed E-state index contributed by atoms with van der Waals surface area (Å²) in [6.45, 7) is 10.0. The second kappa shape index (κ2) is 3.96. The Kier molecular flexibility index (Phi) is 2.64. The number of nitrogens with zero attached hydrogens (tertiary/aromatic N) is 2. The van der Waals surface area contributed by atoms with Crippen LogP contribution in [0.4, 0.5) is 0 Å². The maximum absolute atomic E-state index is 5.05. The van der Waals surface area contributed by atoms with E-state index in [2.05, 4.69) is 35.9 Å². The van der Waals surface area contributed by atoms with Gasteiger partial charge in [0.05, 0.1) is 11.1 Å². The SMILES string of the molecule is C=C(NC(C)C)c1cnc2onc(C)c2c1. The van der Waals surface area contributed by atoms with Crippen molar-refractivity contribution in [3.63, 3.8) is 0 Å². The Morgan fingerprint density at radius 3 is 2.94 bits per heavy atom. The predicted octanol–water partition coefficient (Wildman–Crippen LogP) is 2.50. The Hall–Kier alpha value is -1.84. The summed E-state index contributed by atoms with van der Waals surface area (Å²) in [6.07, 6.45) is 1.74. The summed E-state index contributed by atoms with van der Waals surface area (Å²) in [6, 6.07) is 2.35. The van der Waals surface area contributed by atoms with Crippen molar-refractivity contribution in [1.29, 1.82) is 0 Å². The zero-order valence-electron chi connectivity index (χ0n) is 9.74. The van der Waals surface area contributed by atoms with Crippen molar-refractivity contribution >= 4 is 16.8 Å².